The topological polar surface area (TPSA) is 52.0 Å². The van der Waals surface area contributed by atoms with Crippen LogP contribution >= 0.6 is 0 Å². The average molecular weight is 200 g/mol. The summed E-state index contributed by atoms with van der Waals surface area (Å²) in [4.78, 5) is 0. The molecule has 0 saturated heterocycles. The van der Waals surface area contributed by atoms with Gasteiger partial charge in [0.2, 0.25) is 0 Å². The summed E-state index contributed by atoms with van der Waals surface area (Å²) in [7, 11) is 0. The third kappa shape index (κ3) is 3.97. The molecule has 14 heavy (non-hydrogen) atoms. The van der Waals surface area contributed by atoms with Crippen LogP contribution in [0.2, 0.25) is 0 Å². The number of nitrogens with two attached hydrogens (primary N) is 2. The van der Waals surface area contributed by atoms with Gasteiger partial charge in [-0.3, -0.25) is 0 Å². The Morgan fingerprint density at radius 3 is 2.00 bits per heavy atom. The minimum Gasteiger partial charge on any atom is -0.330 e. The first-order valence-electron chi connectivity index (χ1n) is 6.13. The quantitative estimate of drug-likeness (QED) is 0.592. The molecule has 0 aromatic rings. The highest BCUT2D eigenvalue weighted by molar-refractivity contribution is 4.88. The molecule has 0 aliphatic rings. The van der Waals surface area contributed by atoms with Crippen LogP contribution in [0.5, 0.6) is 0 Å². The normalized spacial score (nSPS) is 14.4. The van der Waals surface area contributed by atoms with E-state index in [4.69, 9.17) is 11.5 Å². The molecule has 0 bridgehead atoms. The van der Waals surface area contributed by atoms with Crippen LogP contribution in [0.3, 0.4) is 0 Å². The van der Waals surface area contributed by atoms with E-state index < -0.39 is 0 Å². The Balaban J connectivity index is 4.08. The van der Waals surface area contributed by atoms with E-state index in [1.54, 1.807) is 0 Å². The van der Waals surface area contributed by atoms with Crippen LogP contribution in [0.25, 0.3) is 0 Å². The van der Waals surface area contributed by atoms with Crippen LogP contribution < -0.4 is 11.5 Å². The second kappa shape index (κ2) is 7.24. The van der Waals surface area contributed by atoms with Crippen LogP contribution in [0.1, 0.15) is 59.3 Å². The Morgan fingerprint density at radius 2 is 1.64 bits per heavy atom. The number of rotatable bonds is 8. The maximum absolute atomic E-state index is 6.40. The van der Waals surface area contributed by atoms with Gasteiger partial charge >= 0.3 is 0 Å². The third-order valence-electron chi connectivity index (χ3n) is 3.63. The number of hydrogen-bond acceptors (Lipinski definition) is 2. The largest absolute Gasteiger partial charge is 0.330 e. The van der Waals surface area contributed by atoms with Gasteiger partial charge in [0, 0.05) is 5.54 Å². The van der Waals surface area contributed by atoms with Gasteiger partial charge in [-0.25, -0.2) is 0 Å². The monoisotopic (exact) mass is 200 g/mol. The van der Waals surface area contributed by atoms with E-state index in [-0.39, 0.29) is 5.54 Å². The van der Waals surface area contributed by atoms with Crippen molar-refractivity contribution in [3.05, 3.63) is 0 Å². The van der Waals surface area contributed by atoms with Crippen LogP contribution in [0.4, 0.5) is 0 Å². The van der Waals surface area contributed by atoms with Crippen molar-refractivity contribution in [2.75, 3.05) is 6.54 Å². The summed E-state index contributed by atoms with van der Waals surface area (Å²) in [5.41, 5.74) is 12.0. The highest BCUT2D eigenvalue weighted by Crippen LogP contribution is 2.29. The van der Waals surface area contributed by atoms with Crippen LogP contribution in [0.15, 0.2) is 0 Å². The van der Waals surface area contributed by atoms with Crippen LogP contribution in [-0.2, 0) is 0 Å². The van der Waals surface area contributed by atoms with Crippen LogP contribution in [-0.4, -0.2) is 12.1 Å². The second-order valence-corrected chi connectivity index (χ2v) is 4.33. The highest BCUT2D eigenvalue weighted by Gasteiger charge is 2.29. The number of hydrogen-bond donors (Lipinski definition) is 2. The molecular weight excluding hydrogens is 172 g/mol. The molecular formula is C12H28N2. The molecule has 0 aliphatic heterocycles. The van der Waals surface area contributed by atoms with Crippen molar-refractivity contribution in [2.24, 2.45) is 17.4 Å². The van der Waals surface area contributed by atoms with Crippen molar-refractivity contribution >= 4 is 0 Å². The fraction of sp³-hybridized carbons (Fsp3) is 1.00. The summed E-state index contributed by atoms with van der Waals surface area (Å²) in [5, 5.41) is 0. The second-order valence-electron chi connectivity index (χ2n) is 4.33. The average Bonchev–Trinajstić information content (AvgIpc) is 2.23. The molecule has 2 heteroatoms. The smallest absolute Gasteiger partial charge is 0.0177 e. The van der Waals surface area contributed by atoms with Gasteiger partial charge in [0.15, 0.2) is 0 Å². The van der Waals surface area contributed by atoms with E-state index in [2.05, 4.69) is 20.8 Å². The van der Waals surface area contributed by atoms with Gasteiger partial charge in [0.25, 0.3) is 0 Å². The zero-order valence-corrected chi connectivity index (χ0v) is 10.2. The predicted octanol–water partition coefficient (Wildman–Crippen LogP) is 2.66. The van der Waals surface area contributed by atoms with Gasteiger partial charge in [0.1, 0.15) is 0 Å². The van der Waals surface area contributed by atoms with E-state index in [1.807, 2.05) is 0 Å². The lowest BCUT2D eigenvalue weighted by Gasteiger charge is -2.35. The van der Waals surface area contributed by atoms with Gasteiger partial charge in [-0.15, -0.1) is 0 Å². The molecule has 0 radical (unpaired) electrons. The molecule has 1 unspecified atom stereocenters. The maximum Gasteiger partial charge on any atom is 0.0177 e. The lowest BCUT2D eigenvalue weighted by atomic mass is 9.76. The maximum atomic E-state index is 6.40. The van der Waals surface area contributed by atoms with Crippen molar-refractivity contribution in [1.29, 1.82) is 0 Å². The van der Waals surface area contributed by atoms with Gasteiger partial charge in [-0.2, -0.15) is 0 Å². The molecule has 0 heterocycles. The minimum atomic E-state index is 0.0589. The van der Waals surface area contributed by atoms with Crippen molar-refractivity contribution in [3.63, 3.8) is 0 Å². The molecule has 0 rings (SSSR count). The molecule has 0 aromatic carbocycles. The summed E-state index contributed by atoms with van der Waals surface area (Å²) in [6.07, 6.45) is 6.98. The fourth-order valence-electron chi connectivity index (χ4n) is 2.26. The van der Waals surface area contributed by atoms with Crippen molar-refractivity contribution in [2.45, 2.75) is 64.8 Å². The molecule has 0 spiro atoms. The van der Waals surface area contributed by atoms with Crippen molar-refractivity contribution in [1.82, 2.24) is 0 Å². The molecule has 0 saturated carbocycles. The van der Waals surface area contributed by atoms with Crippen molar-refractivity contribution in [3.8, 4) is 0 Å². The van der Waals surface area contributed by atoms with E-state index in [0.29, 0.717) is 5.92 Å². The van der Waals surface area contributed by atoms with Crippen LogP contribution in [0, 0.1) is 5.92 Å². The standard InChI is InChI=1S/C12H28N2/c1-4-11(9-7-8-10-13)12(14,5-2)6-3/h11H,4-10,13-14H2,1-3H3. The highest BCUT2D eigenvalue weighted by atomic mass is 14.7. The molecule has 1 atom stereocenters. The Morgan fingerprint density at radius 1 is 1.07 bits per heavy atom. The van der Waals surface area contributed by atoms with Crippen molar-refractivity contribution < 1.29 is 0 Å². The molecule has 4 N–H and O–H groups in total. The molecule has 0 fully saturated rings. The van der Waals surface area contributed by atoms with E-state index >= 15 is 0 Å². The zero-order chi connectivity index (χ0) is 11.0. The first-order chi connectivity index (χ1) is 6.64. The Bertz CT molecular complexity index is 130. The van der Waals surface area contributed by atoms with Gasteiger partial charge < -0.3 is 11.5 Å². The van der Waals surface area contributed by atoms with Gasteiger partial charge in [-0.1, -0.05) is 33.6 Å². The molecule has 0 amide bonds. The molecule has 0 aromatic heterocycles. The van der Waals surface area contributed by atoms with Gasteiger partial charge in [0.05, 0.1) is 0 Å². The predicted molar refractivity (Wildman–Crippen MR) is 64.2 cm³/mol. The molecule has 2 nitrogen and oxygen atoms in total. The molecule has 0 aliphatic carbocycles. The third-order valence-corrected chi connectivity index (χ3v) is 3.63. The fourth-order valence-corrected chi connectivity index (χ4v) is 2.26. The lowest BCUT2D eigenvalue weighted by Crippen LogP contribution is -2.45. The van der Waals surface area contributed by atoms with E-state index in [1.165, 1.54) is 19.3 Å². The minimum absolute atomic E-state index is 0.0589. The summed E-state index contributed by atoms with van der Waals surface area (Å²) in [6.45, 7) is 7.47. The van der Waals surface area contributed by atoms with E-state index in [9.17, 15) is 0 Å². The first-order valence-corrected chi connectivity index (χ1v) is 6.13. The summed E-state index contributed by atoms with van der Waals surface area (Å²) < 4.78 is 0. The SMILES string of the molecule is CCC(CCCCN)C(N)(CC)CC. The number of unbranched alkanes of at least 4 members (excludes halogenated alkanes) is 1. The zero-order valence-electron chi connectivity index (χ0n) is 10.2. The van der Waals surface area contributed by atoms with E-state index in [0.717, 1.165) is 25.8 Å². The summed E-state index contributed by atoms with van der Waals surface area (Å²) >= 11 is 0. The van der Waals surface area contributed by atoms with Gasteiger partial charge in [-0.05, 0) is 38.1 Å². The summed E-state index contributed by atoms with van der Waals surface area (Å²) in [5.74, 6) is 0.670. The molecule has 86 valence electrons. The Labute approximate surface area is 89.4 Å². The lowest BCUT2D eigenvalue weighted by molar-refractivity contribution is 0.226. The summed E-state index contributed by atoms with van der Waals surface area (Å²) in [6, 6.07) is 0. The first kappa shape index (κ1) is 13.9. The Kier molecular flexibility index (Phi) is 7.20. The Hall–Kier alpha value is -0.0800.